The Morgan fingerprint density at radius 1 is 1.31 bits per heavy atom. The van der Waals surface area contributed by atoms with Crippen LogP contribution < -0.4 is 10.6 Å². The molecule has 0 radical (unpaired) electrons. The molecule has 0 saturated carbocycles. The molecule has 2 rings (SSSR count). The number of nitrogens with one attached hydrogen (secondary N) is 2. The molecule has 1 saturated heterocycles. The number of hydrogen-bond donors (Lipinski definition) is 2. The molecule has 0 aliphatic carbocycles. The lowest BCUT2D eigenvalue weighted by Crippen LogP contribution is -2.44. The summed E-state index contributed by atoms with van der Waals surface area (Å²) >= 11 is 0. The van der Waals surface area contributed by atoms with Gasteiger partial charge in [0.25, 0.3) is 11.8 Å². The summed E-state index contributed by atoms with van der Waals surface area (Å²) in [6.07, 6.45) is 1.03. The fraction of sp³-hybridized carbons (Fsp3) is 0.632. The molecule has 29 heavy (non-hydrogen) atoms. The summed E-state index contributed by atoms with van der Waals surface area (Å²) in [7, 11) is 1.76. The zero-order chi connectivity index (χ0) is 21.9. The second kappa shape index (κ2) is 8.62. The second-order valence-corrected chi connectivity index (χ2v) is 7.55. The van der Waals surface area contributed by atoms with Gasteiger partial charge in [0.05, 0.1) is 17.1 Å². The normalized spacial score (nSPS) is 19.9. The Hall–Kier alpha value is -2.91. The molecule has 0 bridgehead atoms. The van der Waals surface area contributed by atoms with E-state index in [0.29, 0.717) is 17.8 Å². The molecule has 1 aromatic heterocycles. The van der Waals surface area contributed by atoms with Crippen LogP contribution in [0.25, 0.3) is 0 Å². The first-order valence-corrected chi connectivity index (χ1v) is 9.64. The number of rotatable bonds is 8. The van der Waals surface area contributed by atoms with Gasteiger partial charge in [-0.2, -0.15) is 5.10 Å². The van der Waals surface area contributed by atoms with Crippen molar-refractivity contribution in [3.8, 4) is 0 Å². The quantitative estimate of drug-likeness (QED) is 0.496. The molecule has 4 amide bonds. The maximum absolute atomic E-state index is 12.6. The topological polar surface area (TPSA) is 123 Å². The van der Waals surface area contributed by atoms with E-state index in [4.69, 9.17) is 4.74 Å². The van der Waals surface area contributed by atoms with Crippen molar-refractivity contribution in [2.75, 3.05) is 11.9 Å². The van der Waals surface area contributed by atoms with Gasteiger partial charge in [-0.25, -0.2) is 4.79 Å². The fourth-order valence-corrected chi connectivity index (χ4v) is 3.19. The summed E-state index contributed by atoms with van der Waals surface area (Å²) < 4.78 is 6.76. The number of urea groups is 1. The van der Waals surface area contributed by atoms with E-state index in [9.17, 15) is 19.2 Å². The van der Waals surface area contributed by atoms with Crippen LogP contribution in [0.2, 0.25) is 0 Å². The molecule has 1 aliphatic rings. The van der Waals surface area contributed by atoms with Gasteiger partial charge in [-0.05, 0) is 34.1 Å². The lowest BCUT2D eigenvalue weighted by molar-refractivity contribution is -0.155. The van der Waals surface area contributed by atoms with E-state index in [-0.39, 0.29) is 0 Å². The van der Waals surface area contributed by atoms with E-state index < -0.39 is 42.0 Å². The third-order valence-electron chi connectivity index (χ3n) is 5.10. The van der Waals surface area contributed by atoms with E-state index in [1.807, 2.05) is 6.92 Å². The van der Waals surface area contributed by atoms with Crippen LogP contribution in [-0.4, -0.2) is 56.7 Å². The van der Waals surface area contributed by atoms with Crippen LogP contribution in [0.3, 0.4) is 0 Å². The number of carbonyl (C=O) groups excluding carboxylic acids is 4. The van der Waals surface area contributed by atoms with Crippen molar-refractivity contribution in [2.45, 2.75) is 65.5 Å². The average Bonchev–Trinajstić information content (AvgIpc) is 3.01. The largest absolute Gasteiger partial charge is 0.451 e. The van der Waals surface area contributed by atoms with Gasteiger partial charge in [-0.15, -0.1) is 0 Å². The number of nitrogens with zero attached hydrogens (tertiary/aromatic N) is 3. The van der Waals surface area contributed by atoms with Crippen molar-refractivity contribution in [3.05, 3.63) is 11.4 Å². The smallest absolute Gasteiger partial charge is 0.327 e. The lowest BCUT2D eigenvalue weighted by Gasteiger charge is -2.21. The van der Waals surface area contributed by atoms with Gasteiger partial charge in [0, 0.05) is 7.05 Å². The molecule has 2 heterocycles. The first kappa shape index (κ1) is 22.4. The maximum Gasteiger partial charge on any atom is 0.327 e. The van der Waals surface area contributed by atoms with Gasteiger partial charge in [0.2, 0.25) is 0 Å². The SMILES string of the molecule is CCCC[C@]1(C)NC(=O)N(CC(=O)O[C@@H](C)C(=O)Nc2c(C)nn(C)c2C)C1=O. The van der Waals surface area contributed by atoms with Crippen molar-refractivity contribution >= 4 is 29.5 Å². The van der Waals surface area contributed by atoms with E-state index in [2.05, 4.69) is 15.7 Å². The predicted octanol–water partition coefficient (Wildman–Crippen LogP) is 1.41. The number of imide groups is 1. The van der Waals surface area contributed by atoms with E-state index in [1.165, 1.54) is 6.92 Å². The molecule has 0 spiro atoms. The second-order valence-electron chi connectivity index (χ2n) is 7.55. The predicted molar refractivity (Wildman–Crippen MR) is 105 cm³/mol. The van der Waals surface area contributed by atoms with Crippen molar-refractivity contribution in [3.63, 3.8) is 0 Å². The summed E-state index contributed by atoms with van der Waals surface area (Å²) in [5, 5.41) is 9.54. The number of carbonyl (C=O) groups is 4. The molecule has 0 unspecified atom stereocenters. The van der Waals surface area contributed by atoms with Crippen LogP contribution in [-0.2, 0) is 26.2 Å². The third-order valence-corrected chi connectivity index (χ3v) is 5.10. The van der Waals surface area contributed by atoms with Gasteiger partial charge < -0.3 is 15.4 Å². The molecule has 1 aliphatic heterocycles. The number of amides is 4. The van der Waals surface area contributed by atoms with Crippen LogP contribution in [0.15, 0.2) is 0 Å². The van der Waals surface area contributed by atoms with Crippen LogP contribution in [0, 0.1) is 13.8 Å². The van der Waals surface area contributed by atoms with E-state index in [0.717, 1.165) is 23.4 Å². The molecule has 160 valence electrons. The highest BCUT2D eigenvalue weighted by molar-refractivity contribution is 6.08. The first-order valence-electron chi connectivity index (χ1n) is 9.64. The zero-order valence-corrected chi connectivity index (χ0v) is 17.8. The minimum atomic E-state index is -1.10. The highest BCUT2D eigenvalue weighted by Gasteiger charge is 2.48. The van der Waals surface area contributed by atoms with Gasteiger partial charge >= 0.3 is 12.0 Å². The van der Waals surface area contributed by atoms with E-state index in [1.54, 1.807) is 32.5 Å². The Balaban J connectivity index is 1.95. The third kappa shape index (κ3) is 4.75. The number of anilines is 1. The Bertz CT molecular complexity index is 833. The Morgan fingerprint density at radius 2 is 1.97 bits per heavy atom. The summed E-state index contributed by atoms with van der Waals surface area (Å²) in [5.74, 6) is -1.83. The van der Waals surface area contributed by atoms with Gasteiger partial charge in [-0.3, -0.25) is 24.0 Å². The van der Waals surface area contributed by atoms with Crippen molar-refractivity contribution < 1.29 is 23.9 Å². The van der Waals surface area contributed by atoms with Crippen LogP contribution in [0.4, 0.5) is 10.5 Å². The summed E-state index contributed by atoms with van der Waals surface area (Å²) in [4.78, 5) is 50.1. The van der Waals surface area contributed by atoms with E-state index >= 15 is 0 Å². The van der Waals surface area contributed by atoms with Gasteiger partial charge in [-0.1, -0.05) is 19.8 Å². The highest BCUT2D eigenvalue weighted by atomic mass is 16.5. The maximum atomic E-state index is 12.6. The number of esters is 1. The number of unbranched alkanes of at least 4 members (excludes halogenated alkanes) is 1. The molecular formula is C19H29N5O5. The molecule has 1 aromatic rings. The molecule has 1 fully saturated rings. The van der Waals surface area contributed by atoms with Crippen molar-refractivity contribution in [1.82, 2.24) is 20.0 Å². The number of aromatic nitrogens is 2. The summed E-state index contributed by atoms with van der Waals surface area (Å²) in [6, 6.07) is -0.635. The zero-order valence-electron chi connectivity index (χ0n) is 17.8. The fourth-order valence-electron chi connectivity index (χ4n) is 3.19. The van der Waals surface area contributed by atoms with Crippen LogP contribution in [0.5, 0.6) is 0 Å². The van der Waals surface area contributed by atoms with Gasteiger partial charge in [0.15, 0.2) is 6.10 Å². The highest BCUT2D eigenvalue weighted by Crippen LogP contribution is 2.23. The Labute approximate surface area is 169 Å². The number of aryl methyl sites for hydroxylation is 2. The number of ether oxygens (including phenoxy) is 1. The summed E-state index contributed by atoms with van der Waals surface area (Å²) in [5.41, 5.74) is 0.940. The first-order chi connectivity index (χ1) is 13.5. The molecule has 2 N–H and O–H groups in total. The van der Waals surface area contributed by atoms with Crippen molar-refractivity contribution in [2.24, 2.45) is 7.05 Å². The molecule has 10 heteroatoms. The molecule has 2 atom stereocenters. The molecular weight excluding hydrogens is 378 g/mol. The number of hydrogen-bond acceptors (Lipinski definition) is 6. The summed E-state index contributed by atoms with van der Waals surface area (Å²) in [6.45, 7) is 8.07. The van der Waals surface area contributed by atoms with Gasteiger partial charge in [0.1, 0.15) is 12.1 Å². The minimum Gasteiger partial charge on any atom is -0.451 e. The monoisotopic (exact) mass is 407 g/mol. The Kier molecular flexibility index (Phi) is 6.66. The van der Waals surface area contributed by atoms with Crippen LogP contribution in [0.1, 0.15) is 51.4 Å². The standard InChI is InChI=1S/C19H29N5O5/c1-7-8-9-19(5)17(27)24(18(28)21-19)10-14(25)29-13(4)16(26)20-15-11(2)22-23(6)12(15)3/h13H,7-10H2,1-6H3,(H,20,26)(H,21,28)/t13-,19-/m0/s1. The Morgan fingerprint density at radius 3 is 2.52 bits per heavy atom. The molecule has 0 aromatic carbocycles. The lowest BCUT2D eigenvalue weighted by atomic mass is 9.95. The average molecular weight is 407 g/mol. The van der Waals surface area contributed by atoms with Crippen molar-refractivity contribution in [1.29, 1.82) is 0 Å². The minimum absolute atomic E-state index is 0.466. The molecule has 10 nitrogen and oxygen atoms in total. The van der Waals surface area contributed by atoms with Crippen LogP contribution >= 0.6 is 0 Å².